The van der Waals surface area contributed by atoms with Gasteiger partial charge >= 0.3 is 0 Å². The zero-order valence-corrected chi connectivity index (χ0v) is 12.3. The number of carbonyl (C=O) groups excluding carboxylic acids is 1. The number of amides is 1. The number of piperidine rings is 1. The van der Waals surface area contributed by atoms with Crippen LogP contribution in [0.1, 0.15) is 40.5 Å². The lowest BCUT2D eigenvalue weighted by molar-refractivity contribution is -0.125. The summed E-state index contributed by atoms with van der Waals surface area (Å²) in [6, 6.07) is 0.326. The van der Waals surface area contributed by atoms with Crippen molar-refractivity contribution in [3.05, 3.63) is 0 Å². The van der Waals surface area contributed by atoms with Crippen molar-refractivity contribution in [2.75, 3.05) is 19.6 Å². The minimum atomic E-state index is -0.113. The zero-order chi connectivity index (χ0) is 13.7. The first kappa shape index (κ1) is 15.4. The molecule has 106 valence electrons. The van der Waals surface area contributed by atoms with Crippen molar-refractivity contribution in [1.82, 2.24) is 10.2 Å². The number of hydrogen-bond acceptors (Lipinski definition) is 3. The summed E-state index contributed by atoms with van der Waals surface area (Å²) in [6.07, 6.45) is 2.60. The quantitative estimate of drug-likeness (QED) is 0.776. The van der Waals surface area contributed by atoms with Crippen LogP contribution in [0.2, 0.25) is 0 Å². The molecule has 1 heterocycles. The fraction of sp³-hybridized carbons (Fsp3) is 0.929. The highest BCUT2D eigenvalue weighted by Crippen LogP contribution is 2.17. The van der Waals surface area contributed by atoms with E-state index in [2.05, 4.69) is 24.1 Å². The first-order valence-corrected chi connectivity index (χ1v) is 7.19. The Labute approximate surface area is 111 Å². The molecular weight excluding hydrogens is 226 g/mol. The zero-order valence-electron chi connectivity index (χ0n) is 12.3. The van der Waals surface area contributed by atoms with Gasteiger partial charge in [-0.2, -0.15) is 0 Å². The summed E-state index contributed by atoms with van der Waals surface area (Å²) >= 11 is 0. The maximum absolute atomic E-state index is 11.8. The van der Waals surface area contributed by atoms with Gasteiger partial charge in [-0.25, -0.2) is 0 Å². The van der Waals surface area contributed by atoms with Crippen LogP contribution in [0.25, 0.3) is 0 Å². The van der Waals surface area contributed by atoms with Crippen molar-refractivity contribution in [3.8, 4) is 0 Å². The molecule has 4 nitrogen and oxygen atoms in total. The molecule has 3 N–H and O–H groups in total. The van der Waals surface area contributed by atoms with Crippen LogP contribution in [-0.2, 0) is 4.79 Å². The van der Waals surface area contributed by atoms with E-state index in [1.54, 1.807) is 0 Å². The van der Waals surface area contributed by atoms with E-state index >= 15 is 0 Å². The molecule has 0 aromatic carbocycles. The monoisotopic (exact) mass is 255 g/mol. The van der Waals surface area contributed by atoms with Gasteiger partial charge in [0.1, 0.15) is 0 Å². The number of carbonyl (C=O) groups is 1. The van der Waals surface area contributed by atoms with Crippen molar-refractivity contribution in [2.45, 2.75) is 52.6 Å². The number of nitrogens with zero attached hydrogens (tertiary/aromatic N) is 1. The third kappa shape index (κ3) is 4.58. The molecule has 0 aliphatic carbocycles. The van der Waals surface area contributed by atoms with Crippen LogP contribution in [0.15, 0.2) is 0 Å². The number of hydrogen-bond donors (Lipinski definition) is 2. The fourth-order valence-corrected chi connectivity index (χ4v) is 2.40. The van der Waals surface area contributed by atoms with Crippen molar-refractivity contribution in [1.29, 1.82) is 0 Å². The molecule has 4 unspecified atom stereocenters. The first-order valence-electron chi connectivity index (χ1n) is 7.19. The summed E-state index contributed by atoms with van der Waals surface area (Å²) in [5, 5.41) is 3.02. The third-order valence-corrected chi connectivity index (χ3v) is 4.09. The van der Waals surface area contributed by atoms with E-state index in [1.165, 1.54) is 12.8 Å². The largest absolute Gasteiger partial charge is 0.354 e. The first-order chi connectivity index (χ1) is 8.41. The summed E-state index contributed by atoms with van der Waals surface area (Å²) in [5.41, 5.74) is 5.73. The van der Waals surface area contributed by atoms with Gasteiger partial charge in [-0.3, -0.25) is 9.69 Å². The van der Waals surface area contributed by atoms with E-state index in [0.717, 1.165) is 25.6 Å². The van der Waals surface area contributed by atoms with Crippen LogP contribution < -0.4 is 11.1 Å². The summed E-state index contributed by atoms with van der Waals surface area (Å²) in [7, 11) is 0. The number of nitrogens with one attached hydrogen (secondary N) is 1. The molecule has 1 aliphatic heterocycles. The van der Waals surface area contributed by atoms with Crippen LogP contribution >= 0.6 is 0 Å². The van der Waals surface area contributed by atoms with E-state index in [0.29, 0.717) is 6.04 Å². The molecule has 1 aliphatic rings. The summed E-state index contributed by atoms with van der Waals surface area (Å²) < 4.78 is 0. The second-order valence-electron chi connectivity index (χ2n) is 5.98. The lowest BCUT2D eigenvalue weighted by Crippen LogP contribution is -2.48. The van der Waals surface area contributed by atoms with Gasteiger partial charge in [-0.1, -0.05) is 13.8 Å². The summed E-state index contributed by atoms with van der Waals surface area (Å²) in [5.74, 6) is 0.735. The molecule has 1 saturated heterocycles. The Bertz CT molecular complexity index is 268. The molecule has 4 heteroatoms. The van der Waals surface area contributed by atoms with Crippen molar-refractivity contribution >= 4 is 5.91 Å². The predicted molar refractivity (Wildman–Crippen MR) is 75.3 cm³/mol. The summed E-state index contributed by atoms with van der Waals surface area (Å²) in [4.78, 5) is 14.3. The maximum Gasteiger partial charge on any atom is 0.224 e. The van der Waals surface area contributed by atoms with Crippen LogP contribution in [-0.4, -0.2) is 42.5 Å². The van der Waals surface area contributed by atoms with Crippen LogP contribution in [0.3, 0.4) is 0 Å². The van der Waals surface area contributed by atoms with E-state index in [9.17, 15) is 4.79 Å². The summed E-state index contributed by atoms with van der Waals surface area (Å²) in [6.45, 7) is 11.3. The molecule has 0 spiro atoms. The standard InChI is InChI=1S/C14H29N3O/c1-10-6-5-7-17(9-10)11(2)8-16-14(18)12(3)13(4)15/h10-13H,5-9,15H2,1-4H3,(H,16,18). The topological polar surface area (TPSA) is 58.4 Å². The van der Waals surface area contributed by atoms with E-state index in [1.807, 2.05) is 13.8 Å². The Morgan fingerprint density at radius 2 is 2.11 bits per heavy atom. The normalized spacial score (nSPS) is 26.4. The van der Waals surface area contributed by atoms with Crippen molar-refractivity contribution < 1.29 is 4.79 Å². The van der Waals surface area contributed by atoms with E-state index in [-0.39, 0.29) is 17.9 Å². The van der Waals surface area contributed by atoms with Crippen molar-refractivity contribution in [2.24, 2.45) is 17.6 Å². The SMILES string of the molecule is CC1CCCN(C(C)CNC(=O)C(C)C(C)N)C1. The van der Waals surface area contributed by atoms with Gasteiger partial charge in [0.05, 0.1) is 0 Å². The average molecular weight is 255 g/mol. The predicted octanol–water partition coefficient (Wildman–Crippen LogP) is 1.21. The van der Waals surface area contributed by atoms with Crippen molar-refractivity contribution in [3.63, 3.8) is 0 Å². The Morgan fingerprint density at radius 1 is 1.44 bits per heavy atom. The molecule has 0 bridgehead atoms. The van der Waals surface area contributed by atoms with Gasteiger partial charge in [0.15, 0.2) is 0 Å². The molecule has 0 aromatic heterocycles. The molecule has 1 fully saturated rings. The Hall–Kier alpha value is -0.610. The van der Waals surface area contributed by atoms with Crippen LogP contribution in [0.4, 0.5) is 0 Å². The minimum absolute atomic E-state index is 0.0712. The smallest absolute Gasteiger partial charge is 0.224 e. The molecule has 1 amide bonds. The lowest BCUT2D eigenvalue weighted by atomic mass is 9.99. The average Bonchev–Trinajstić information content (AvgIpc) is 2.34. The third-order valence-electron chi connectivity index (χ3n) is 4.09. The number of likely N-dealkylation sites (tertiary alicyclic amines) is 1. The van der Waals surface area contributed by atoms with Gasteiger partial charge < -0.3 is 11.1 Å². The molecule has 18 heavy (non-hydrogen) atoms. The Balaban J connectivity index is 2.32. The second-order valence-corrected chi connectivity index (χ2v) is 5.98. The molecule has 0 aromatic rings. The highest BCUT2D eigenvalue weighted by Gasteiger charge is 2.22. The van der Waals surface area contributed by atoms with Gasteiger partial charge in [0, 0.05) is 31.1 Å². The van der Waals surface area contributed by atoms with Gasteiger partial charge in [-0.15, -0.1) is 0 Å². The molecular formula is C14H29N3O. The van der Waals surface area contributed by atoms with Gasteiger partial charge in [0.2, 0.25) is 5.91 Å². The van der Waals surface area contributed by atoms with Gasteiger partial charge in [0.25, 0.3) is 0 Å². The van der Waals surface area contributed by atoms with E-state index in [4.69, 9.17) is 5.73 Å². The number of nitrogens with two attached hydrogens (primary N) is 1. The number of rotatable bonds is 5. The fourth-order valence-electron chi connectivity index (χ4n) is 2.40. The van der Waals surface area contributed by atoms with Gasteiger partial charge in [-0.05, 0) is 39.2 Å². The maximum atomic E-state index is 11.8. The van der Waals surface area contributed by atoms with Crippen LogP contribution in [0.5, 0.6) is 0 Å². The van der Waals surface area contributed by atoms with Crippen LogP contribution in [0, 0.1) is 11.8 Å². The molecule has 0 radical (unpaired) electrons. The Kier molecular flexibility index (Phi) is 6.09. The molecule has 1 rings (SSSR count). The second kappa shape index (κ2) is 7.10. The highest BCUT2D eigenvalue weighted by atomic mass is 16.1. The highest BCUT2D eigenvalue weighted by molar-refractivity contribution is 5.78. The molecule has 0 saturated carbocycles. The van der Waals surface area contributed by atoms with E-state index < -0.39 is 0 Å². The minimum Gasteiger partial charge on any atom is -0.354 e. The molecule has 4 atom stereocenters. The Morgan fingerprint density at radius 3 is 2.67 bits per heavy atom. The lowest BCUT2D eigenvalue weighted by Gasteiger charge is -2.35.